The average Bonchev–Trinajstić information content (AvgIpc) is 3.04. The number of esters is 1. The number of nitrogens with one attached hydrogen (secondary N) is 2. The maximum Gasteiger partial charge on any atom is 0.321 e. The Morgan fingerprint density at radius 1 is 1.17 bits per heavy atom. The Hall–Kier alpha value is -2.44. The third-order valence-electron chi connectivity index (χ3n) is 4.06. The largest absolute Gasteiger partial charge is 0.455 e. The van der Waals surface area contributed by atoms with Crippen molar-refractivity contribution in [3.05, 3.63) is 35.6 Å². The smallest absolute Gasteiger partial charge is 0.321 e. The van der Waals surface area contributed by atoms with Crippen molar-refractivity contribution in [2.45, 2.75) is 31.1 Å². The highest BCUT2D eigenvalue weighted by Gasteiger charge is 2.44. The molecule has 0 bridgehead atoms. The summed E-state index contributed by atoms with van der Waals surface area (Å²) < 4.78 is 18.2. The summed E-state index contributed by atoms with van der Waals surface area (Å²) in [6.07, 6.45) is 2.90. The van der Waals surface area contributed by atoms with Gasteiger partial charge in [-0.2, -0.15) is 0 Å². The summed E-state index contributed by atoms with van der Waals surface area (Å²) >= 11 is 0. The Morgan fingerprint density at radius 2 is 1.78 bits per heavy atom. The van der Waals surface area contributed by atoms with Crippen LogP contribution >= 0.6 is 0 Å². The molecule has 6 nitrogen and oxygen atoms in total. The van der Waals surface area contributed by atoms with Crippen LogP contribution in [-0.4, -0.2) is 31.6 Å². The summed E-state index contributed by atoms with van der Waals surface area (Å²) in [5.41, 5.74) is -0.158. The molecule has 124 valence electrons. The molecular formula is C16H19FN2O4. The predicted molar refractivity (Wildman–Crippen MR) is 80.1 cm³/mol. The van der Waals surface area contributed by atoms with Gasteiger partial charge in [-0.1, -0.05) is 25.0 Å². The highest BCUT2D eigenvalue weighted by molar-refractivity contribution is 5.96. The van der Waals surface area contributed by atoms with E-state index in [2.05, 4.69) is 5.32 Å². The molecule has 1 aliphatic carbocycles. The Kier molecular flexibility index (Phi) is 5.31. The Bertz CT molecular complexity index is 595. The highest BCUT2D eigenvalue weighted by atomic mass is 19.1. The molecule has 0 aromatic heterocycles. The van der Waals surface area contributed by atoms with Crippen LogP contribution < -0.4 is 10.6 Å². The van der Waals surface area contributed by atoms with Gasteiger partial charge in [0.05, 0.1) is 5.41 Å². The molecule has 7 heteroatoms. The lowest BCUT2D eigenvalue weighted by Crippen LogP contribution is -2.41. The van der Waals surface area contributed by atoms with Crippen LogP contribution in [0.25, 0.3) is 0 Å². The van der Waals surface area contributed by atoms with Crippen LogP contribution in [0.1, 0.15) is 31.2 Å². The average molecular weight is 322 g/mol. The molecular weight excluding hydrogens is 303 g/mol. The lowest BCUT2D eigenvalue weighted by atomic mass is 9.79. The van der Waals surface area contributed by atoms with E-state index in [0.717, 1.165) is 12.8 Å². The maximum absolute atomic E-state index is 13.1. The van der Waals surface area contributed by atoms with E-state index >= 15 is 0 Å². The van der Waals surface area contributed by atoms with Gasteiger partial charge in [-0.25, -0.2) is 9.18 Å². The molecule has 3 amide bonds. The summed E-state index contributed by atoms with van der Waals surface area (Å²) in [4.78, 5) is 35.1. The van der Waals surface area contributed by atoms with Crippen LogP contribution in [0.5, 0.6) is 0 Å². The van der Waals surface area contributed by atoms with E-state index in [4.69, 9.17) is 4.74 Å². The lowest BCUT2D eigenvalue weighted by Gasteiger charge is -2.27. The summed E-state index contributed by atoms with van der Waals surface area (Å²) in [5.74, 6) is -1.60. The molecule has 0 spiro atoms. The monoisotopic (exact) mass is 322 g/mol. The SMILES string of the molecule is CNC(=O)NC(=O)COC(=O)C1(c2ccc(F)cc2)CCCC1. The van der Waals surface area contributed by atoms with E-state index in [1.807, 2.05) is 5.32 Å². The van der Waals surface area contributed by atoms with Crippen molar-refractivity contribution in [1.29, 1.82) is 0 Å². The minimum Gasteiger partial charge on any atom is -0.455 e. The number of amides is 3. The van der Waals surface area contributed by atoms with Crippen LogP contribution in [0.15, 0.2) is 24.3 Å². The van der Waals surface area contributed by atoms with Gasteiger partial charge in [-0.15, -0.1) is 0 Å². The highest BCUT2D eigenvalue weighted by Crippen LogP contribution is 2.42. The zero-order valence-electron chi connectivity index (χ0n) is 12.9. The van der Waals surface area contributed by atoms with Crippen LogP contribution in [-0.2, 0) is 19.7 Å². The van der Waals surface area contributed by atoms with Crippen molar-refractivity contribution >= 4 is 17.9 Å². The maximum atomic E-state index is 13.1. The molecule has 1 saturated carbocycles. The molecule has 1 aliphatic rings. The Morgan fingerprint density at radius 3 is 2.35 bits per heavy atom. The van der Waals surface area contributed by atoms with E-state index < -0.39 is 29.9 Å². The number of halogens is 1. The summed E-state index contributed by atoms with van der Waals surface area (Å²) in [7, 11) is 1.37. The zero-order chi connectivity index (χ0) is 16.9. The molecule has 2 rings (SSSR count). The van der Waals surface area contributed by atoms with E-state index in [0.29, 0.717) is 18.4 Å². The molecule has 2 N–H and O–H groups in total. The number of carbonyl (C=O) groups is 3. The quantitative estimate of drug-likeness (QED) is 0.825. The van der Waals surface area contributed by atoms with Gasteiger partial charge in [-0.3, -0.25) is 14.9 Å². The van der Waals surface area contributed by atoms with E-state index in [1.54, 1.807) is 12.1 Å². The second kappa shape index (κ2) is 7.21. The minimum absolute atomic E-state index is 0.375. The molecule has 1 aromatic carbocycles. The molecule has 1 aromatic rings. The number of hydrogen-bond acceptors (Lipinski definition) is 4. The van der Waals surface area contributed by atoms with Crippen LogP contribution in [0.2, 0.25) is 0 Å². The van der Waals surface area contributed by atoms with Gasteiger partial charge in [0, 0.05) is 7.05 Å². The number of hydrogen-bond donors (Lipinski definition) is 2. The number of urea groups is 1. The van der Waals surface area contributed by atoms with Crippen molar-refractivity contribution in [3.63, 3.8) is 0 Å². The summed E-state index contributed by atoms with van der Waals surface area (Å²) in [5, 5.41) is 4.25. The fourth-order valence-corrected chi connectivity index (χ4v) is 2.85. The molecule has 0 unspecified atom stereocenters. The number of ether oxygens (including phenoxy) is 1. The van der Waals surface area contributed by atoms with E-state index in [1.165, 1.54) is 19.2 Å². The zero-order valence-corrected chi connectivity index (χ0v) is 12.9. The number of rotatable bonds is 4. The normalized spacial score (nSPS) is 15.7. The first kappa shape index (κ1) is 16.9. The molecule has 0 heterocycles. The molecule has 23 heavy (non-hydrogen) atoms. The predicted octanol–water partition coefficient (Wildman–Crippen LogP) is 1.64. The number of benzene rings is 1. The topological polar surface area (TPSA) is 84.5 Å². The third-order valence-corrected chi connectivity index (χ3v) is 4.06. The fraction of sp³-hybridized carbons (Fsp3) is 0.438. The molecule has 0 atom stereocenters. The van der Waals surface area contributed by atoms with Crippen LogP contribution in [0.3, 0.4) is 0 Å². The Balaban J connectivity index is 2.06. The first-order chi connectivity index (χ1) is 11.0. The fourth-order valence-electron chi connectivity index (χ4n) is 2.85. The van der Waals surface area contributed by atoms with Gasteiger partial charge < -0.3 is 10.1 Å². The lowest BCUT2D eigenvalue weighted by molar-refractivity contribution is -0.154. The number of carbonyl (C=O) groups excluding carboxylic acids is 3. The first-order valence-corrected chi connectivity index (χ1v) is 7.43. The van der Waals surface area contributed by atoms with Crippen molar-refractivity contribution in [1.82, 2.24) is 10.6 Å². The van der Waals surface area contributed by atoms with Crippen molar-refractivity contribution < 1.29 is 23.5 Å². The first-order valence-electron chi connectivity index (χ1n) is 7.43. The van der Waals surface area contributed by atoms with Gasteiger partial charge in [0.15, 0.2) is 6.61 Å². The Labute approximate surface area is 133 Å². The third kappa shape index (κ3) is 3.85. The van der Waals surface area contributed by atoms with Crippen molar-refractivity contribution in [2.75, 3.05) is 13.7 Å². The summed E-state index contributed by atoms with van der Waals surface area (Å²) in [6.45, 7) is -0.533. The van der Waals surface area contributed by atoms with Crippen molar-refractivity contribution in [2.24, 2.45) is 0 Å². The molecule has 1 fully saturated rings. The van der Waals surface area contributed by atoms with Gasteiger partial charge in [0.25, 0.3) is 5.91 Å². The second-order valence-electron chi connectivity index (χ2n) is 5.50. The van der Waals surface area contributed by atoms with Crippen LogP contribution in [0.4, 0.5) is 9.18 Å². The van der Waals surface area contributed by atoms with Gasteiger partial charge >= 0.3 is 12.0 Å². The van der Waals surface area contributed by atoms with Gasteiger partial charge in [-0.05, 0) is 30.5 Å². The second-order valence-corrected chi connectivity index (χ2v) is 5.50. The standard InChI is InChI=1S/C16H19FN2O4/c1-18-15(22)19-13(20)10-23-14(21)16(8-2-3-9-16)11-4-6-12(17)7-5-11/h4-7H,2-3,8-10H2,1H3,(H2,18,19,20,22). The van der Waals surface area contributed by atoms with Gasteiger partial charge in [0.1, 0.15) is 5.82 Å². The van der Waals surface area contributed by atoms with Crippen LogP contribution in [0, 0.1) is 5.82 Å². The summed E-state index contributed by atoms with van der Waals surface area (Å²) in [6, 6.07) is 5.10. The van der Waals surface area contributed by atoms with Gasteiger partial charge in [0.2, 0.25) is 0 Å². The van der Waals surface area contributed by atoms with Crippen molar-refractivity contribution in [3.8, 4) is 0 Å². The molecule has 0 saturated heterocycles. The molecule has 0 radical (unpaired) electrons. The number of imide groups is 1. The minimum atomic E-state index is -0.846. The molecule has 0 aliphatic heterocycles. The van der Waals surface area contributed by atoms with E-state index in [9.17, 15) is 18.8 Å². The van der Waals surface area contributed by atoms with E-state index in [-0.39, 0.29) is 5.82 Å².